The van der Waals surface area contributed by atoms with Gasteiger partial charge in [-0.15, -0.1) is 0 Å². The van der Waals surface area contributed by atoms with Crippen molar-refractivity contribution in [3.05, 3.63) is 30.3 Å². The second-order valence-corrected chi connectivity index (χ2v) is 2.86. The Morgan fingerprint density at radius 3 is 2.85 bits per heavy atom. The van der Waals surface area contributed by atoms with Crippen molar-refractivity contribution in [2.45, 2.75) is 0 Å². The summed E-state index contributed by atoms with van der Waals surface area (Å²) in [5, 5.41) is 0. The van der Waals surface area contributed by atoms with Gasteiger partial charge in [0.2, 0.25) is 0 Å². The zero-order valence-corrected chi connectivity index (χ0v) is 7.19. The van der Waals surface area contributed by atoms with Gasteiger partial charge in [-0.3, -0.25) is 4.79 Å². The fraction of sp³-hybridized carbons (Fsp3) is 0.300. The SMILES string of the molecule is O=C1COCCN1c1cc[c]cc1. The minimum Gasteiger partial charge on any atom is -0.370 e. The lowest BCUT2D eigenvalue weighted by molar-refractivity contribution is -0.125. The Morgan fingerprint density at radius 1 is 1.38 bits per heavy atom. The Morgan fingerprint density at radius 2 is 2.15 bits per heavy atom. The number of anilines is 1. The fourth-order valence-corrected chi connectivity index (χ4v) is 1.35. The van der Waals surface area contributed by atoms with E-state index < -0.39 is 0 Å². The lowest BCUT2D eigenvalue weighted by atomic mass is 10.2. The molecule has 1 aliphatic rings. The van der Waals surface area contributed by atoms with E-state index in [1.54, 1.807) is 17.0 Å². The molecular weight excluding hydrogens is 166 g/mol. The highest BCUT2D eigenvalue weighted by molar-refractivity contribution is 5.94. The molecule has 2 rings (SSSR count). The largest absolute Gasteiger partial charge is 0.370 e. The Balaban J connectivity index is 2.20. The van der Waals surface area contributed by atoms with Gasteiger partial charge in [-0.1, -0.05) is 12.1 Å². The molecule has 0 saturated carbocycles. The van der Waals surface area contributed by atoms with Gasteiger partial charge in [0.05, 0.1) is 6.61 Å². The van der Waals surface area contributed by atoms with Crippen molar-refractivity contribution in [1.82, 2.24) is 0 Å². The number of ether oxygens (including phenoxy) is 1. The molecule has 67 valence electrons. The Labute approximate surface area is 76.9 Å². The predicted molar refractivity (Wildman–Crippen MR) is 48.5 cm³/mol. The van der Waals surface area contributed by atoms with E-state index in [0.29, 0.717) is 13.2 Å². The Hall–Kier alpha value is -1.35. The van der Waals surface area contributed by atoms with Crippen LogP contribution in [0.1, 0.15) is 0 Å². The monoisotopic (exact) mass is 176 g/mol. The fourth-order valence-electron chi connectivity index (χ4n) is 1.35. The highest BCUT2D eigenvalue weighted by Crippen LogP contribution is 2.14. The van der Waals surface area contributed by atoms with Gasteiger partial charge in [-0.25, -0.2) is 0 Å². The summed E-state index contributed by atoms with van der Waals surface area (Å²) in [5.74, 6) is 0.0254. The lowest BCUT2D eigenvalue weighted by Gasteiger charge is -2.26. The third kappa shape index (κ3) is 1.70. The molecule has 3 nitrogen and oxygen atoms in total. The van der Waals surface area contributed by atoms with E-state index in [4.69, 9.17) is 4.74 Å². The molecule has 0 bridgehead atoms. The van der Waals surface area contributed by atoms with Gasteiger partial charge >= 0.3 is 0 Å². The van der Waals surface area contributed by atoms with E-state index in [9.17, 15) is 4.79 Å². The minimum atomic E-state index is 0.0254. The van der Waals surface area contributed by atoms with Crippen LogP contribution in [0.4, 0.5) is 5.69 Å². The van der Waals surface area contributed by atoms with Crippen LogP contribution in [0.5, 0.6) is 0 Å². The molecule has 1 saturated heterocycles. The van der Waals surface area contributed by atoms with Crippen molar-refractivity contribution in [2.75, 3.05) is 24.7 Å². The molecule has 1 fully saturated rings. The first-order valence-electron chi connectivity index (χ1n) is 4.22. The topological polar surface area (TPSA) is 29.5 Å². The molecule has 0 aromatic heterocycles. The van der Waals surface area contributed by atoms with Gasteiger partial charge in [0, 0.05) is 12.2 Å². The van der Waals surface area contributed by atoms with E-state index in [-0.39, 0.29) is 12.5 Å². The smallest absolute Gasteiger partial charge is 0.253 e. The number of hydrogen-bond acceptors (Lipinski definition) is 2. The highest BCUT2D eigenvalue weighted by atomic mass is 16.5. The molecule has 0 spiro atoms. The summed E-state index contributed by atoms with van der Waals surface area (Å²) in [6.45, 7) is 1.45. The van der Waals surface area contributed by atoms with Gasteiger partial charge in [0.25, 0.3) is 5.91 Å². The molecule has 0 N–H and O–H groups in total. The van der Waals surface area contributed by atoms with E-state index in [2.05, 4.69) is 6.07 Å². The number of rotatable bonds is 1. The van der Waals surface area contributed by atoms with Crippen molar-refractivity contribution in [3.8, 4) is 0 Å². The maximum atomic E-state index is 11.4. The molecule has 0 aliphatic carbocycles. The average molecular weight is 176 g/mol. The molecule has 1 heterocycles. The molecule has 1 radical (unpaired) electrons. The maximum absolute atomic E-state index is 11.4. The molecular formula is C10H10NO2. The second-order valence-electron chi connectivity index (χ2n) is 2.86. The van der Waals surface area contributed by atoms with Gasteiger partial charge in [-0.05, 0) is 18.2 Å². The number of carbonyl (C=O) groups excluding carboxylic acids is 1. The van der Waals surface area contributed by atoms with Gasteiger partial charge in [0.15, 0.2) is 0 Å². The summed E-state index contributed by atoms with van der Waals surface area (Å²) >= 11 is 0. The molecule has 3 heteroatoms. The predicted octanol–water partition coefficient (Wildman–Crippen LogP) is 0.850. The number of morpholine rings is 1. The molecule has 0 atom stereocenters. The third-order valence-corrected chi connectivity index (χ3v) is 2.00. The standard InChI is InChI=1S/C10H10NO2/c12-10-8-13-7-6-11(10)9-4-2-1-3-5-9/h2-5H,6-8H2. The number of nitrogens with zero attached hydrogens (tertiary/aromatic N) is 1. The van der Waals surface area contributed by atoms with Crippen LogP contribution in [-0.4, -0.2) is 25.7 Å². The van der Waals surface area contributed by atoms with E-state index >= 15 is 0 Å². The van der Waals surface area contributed by atoms with Crippen molar-refractivity contribution >= 4 is 11.6 Å². The number of benzene rings is 1. The number of hydrogen-bond donors (Lipinski definition) is 0. The van der Waals surface area contributed by atoms with E-state index in [0.717, 1.165) is 5.69 Å². The minimum absolute atomic E-state index is 0.0254. The van der Waals surface area contributed by atoms with Crippen LogP contribution in [0.3, 0.4) is 0 Å². The first kappa shape index (κ1) is 8.26. The molecule has 13 heavy (non-hydrogen) atoms. The van der Waals surface area contributed by atoms with Crippen molar-refractivity contribution < 1.29 is 9.53 Å². The summed E-state index contributed by atoms with van der Waals surface area (Å²) < 4.78 is 5.03. The van der Waals surface area contributed by atoms with Crippen LogP contribution < -0.4 is 4.90 Å². The van der Waals surface area contributed by atoms with Crippen LogP contribution in [-0.2, 0) is 9.53 Å². The number of carbonyl (C=O) groups is 1. The zero-order chi connectivity index (χ0) is 9.10. The summed E-state index contributed by atoms with van der Waals surface area (Å²) in [4.78, 5) is 13.1. The summed E-state index contributed by atoms with van der Waals surface area (Å²) in [5.41, 5.74) is 0.923. The quantitative estimate of drug-likeness (QED) is 0.634. The van der Waals surface area contributed by atoms with Crippen LogP contribution in [0, 0.1) is 6.07 Å². The lowest BCUT2D eigenvalue weighted by Crippen LogP contribution is -2.41. The molecule has 1 aromatic rings. The van der Waals surface area contributed by atoms with Crippen LogP contribution in [0.15, 0.2) is 24.3 Å². The van der Waals surface area contributed by atoms with Crippen LogP contribution in [0.25, 0.3) is 0 Å². The average Bonchev–Trinajstić information content (AvgIpc) is 2.20. The second kappa shape index (κ2) is 3.58. The normalized spacial score (nSPS) is 17.5. The molecule has 1 aliphatic heterocycles. The molecule has 1 aromatic carbocycles. The van der Waals surface area contributed by atoms with Gasteiger partial charge < -0.3 is 9.64 Å². The van der Waals surface area contributed by atoms with Crippen LogP contribution in [0.2, 0.25) is 0 Å². The maximum Gasteiger partial charge on any atom is 0.253 e. The zero-order valence-electron chi connectivity index (χ0n) is 7.19. The summed E-state index contributed by atoms with van der Waals surface area (Å²) in [6, 6.07) is 10.3. The van der Waals surface area contributed by atoms with Crippen LogP contribution >= 0.6 is 0 Å². The summed E-state index contributed by atoms with van der Waals surface area (Å²) in [6.07, 6.45) is 0. The van der Waals surface area contributed by atoms with Gasteiger partial charge in [-0.2, -0.15) is 0 Å². The summed E-state index contributed by atoms with van der Waals surface area (Å²) in [7, 11) is 0. The molecule has 1 amide bonds. The van der Waals surface area contributed by atoms with E-state index in [1.807, 2.05) is 12.1 Å². The van der Waals surface area contributed by atoms with Crippen molar-refractivity contribution in [3.63, 3.8) is 0 Å². The Bertz CT molecular complexity index is 297. The first-order valence-corrected chi connectivity index (χ1v) is 4.22. The van der Waals surface area contributed by atoms with Crippen molar-refractivity contribution in [1.29, 1.82) is 0 Å². The van der Waals surface area contributed by atoms with Gasteiger partial charge in [0.1, 0.15) is 6.61 Å². The first-order chi connectivity index (χ1) is 6.38. The third-order valence-electron chi connectivity index (χ3n) is 2.00. The van der Waals surface area contributed by atoms with E-state index in [1.165, 1.54) is 0 Å². The highest BCUT2D eigenvalue weighted by Gasteiger charge is 2.19. The molecule has 0 unspecified atom stereocenters. The number of amides is 1. The Kier molecular flexibility index (Phi) is 2.27. The van der Waals surface area contributed by atoms with Crippen molar-refractivity contribution in [2.24, 2.45) is 0 Å².